The molecule has 1 aromatic rings. The third-order valence-corrected chi connectivity index (χ3v) is 2.41. The van der Waals surface area contributed by atoms with Gasteiger partial charge in [0, 0.05) is 18.0 Å². The zero-order chi connectivity index (χ0) is 10.1. The predicted molar refractivity (Wildman–Crippen MR) is 48.4 cm³/mol. The van der Waals surface area contributed by atoms with E-state index in [0.29, 0.717) is 5.56 Å². The molecule has 5 nitrogen and oxygen atoms in total. The molecule has 0 saturated heterocycles. The normalized spacial score (nSPS) is 11.2. The van der Waals surface area contributed by atoms with Gasteiger partial charge in [0.05, 0.1) is 0 Å². The number of nitrogens with one attached hydrogen (secondary N) is 1. The molecule has 1 heterocycles. The Balaban J connectivity index is 3.29. The molecule has 3 N–H and O–H groups in total. The Morgan fingerprint density at radius 1 is 1.62 bits per heavy atom. The van der Waals surface area contributed by atoms with Crippen molar-refractivity contribution in [3.05, 3.63) is 23.9 Å². The maximum Gasteiger partial charge on any atom is 0.192 e. The van der Waals surface area contributed by atoms with Gasteiger partial charge in [-0.15, -0.1) is 0 Å². The summed E-state index contributed by atoms with van der Waals surface area (Å²) in [4.78, 5) is 3.65. The van der Waals surface area contributed by atoms with Crippen molar-refractivity contribution >= 4 is 15.7 Å². The lowest BCUT2D eigenvalue weighted by atomic mass is 10.2. The largest absolute Gasteiger partial charge is 0.384 e. The molecule has 0 bridgehead atoms. The van der Waals surface area contributed by atoms with E-state index in [0.717, 1.165) is 6.26 Å². The quantitative estimate of drug-likeness (QED) is 0.507. The highest BCUT2D eigenvalue weighted by atomic mass is 32.2. The maximum atomic E-state index is 11.0. The highest BCUT2D eigenvalue weighted by Crippen LogP contribution is 2.06. The van der Waals surface area contributed by atoms with Crippen molar-refractivity contribution in [2.24, 2.45) is 5.73 Å². The molecule has 0 aliphatic heterocycles. The van der Waals surface area contributed by atoms with E-state index in [1.807, 2.05) is 0 Å². The monoisotopic (exact) mass is 199 g/mol. The van der Waals surface area contributed by atoms with Crippen LogP contribution in [0, 0.1) is 5.41 Å². The average molecular weight is 199 g/mol. The Morgan fingerprint density at radius 3 is 2.69 bits per heavy atom. The molecule has 1 rings (SSSR count). The van der Waals surface area contributed by atoms with Crippen LogP contribution in [0.3, 0.4) is 0 Å². The Hall–Kier alpha value is -1.43. The van der Waals surface area contributed by atoms with Crippen LogP contribution >= 0.6 is 0 Å². The Bertz CT molecular complexity index is 439. The molecule has 0 aromatic carbocycles. The van der Waals surface area contributed by atoms with Crippen LogP contribution in [0.25, 0.3) is 0 Å². The number of nitrogen functional groups attached to an aromatic ring is 1. The first-order valence-corrected chi connectivity index (χ1v) is 5.31. The molecule has 0 radical (unpaired) electrons. The van der Waals surface area contributed by atoms with Gasteiger partial charge in [0.25, 0.3) is 0 Å². The zero-order valence-electron chi connectivity index (χ0n) is 6.98. The summed E-state index contributed by atoms with van der Waals surface area (Å²) in [5, 5.41) is 7.02. The molecule has 0 amide bonds. The van der Waals surface area contributed by atoms with Crippen LogP contribution in [0.15, 0.2) is 23.4 Å². The summed E-state index contributed by atoms with van der Waals surface area (Å²) < 4.78 is 22.1. The van der Waals surface area contributed by atoms with Gasteiger partial charge >= 0.3 is 0 Å². The van der Waals surface area contributed by atoms with Crippen LogP contribution in [-0.4, -0.2) is 25.5 Å². The summed E-state index contributed by atoms with van der Waals surface area (Å²) in [7, 11) is -3.32. The molecule has 13 heavy (non-hydrogen) atoms. The van der Waals surface area contributed by atoms with Crippen LogP contribution < -0.4 is 5.73 Å². The van der Waals surface area contributed by atoms with Crippen molar-refractivity contribution in [1.82, 2.24) is 4.98 Å². The molecule has 0 aliphatic rings. The zero-order valence-corrected chi connectivity index (χ0v) is 7.80. The standard InChI is InChI=1S/C7H9N3O2S/c1-13(11,12)6-4-5(7(8)9)2-3-10-6/h2-4H,1H3,(H3,8,9). The van der Waals surface area contributed by atoms with Gasteiger partial charge in [-0.1, -0.05) is 0 Å². The first kappa shape index (κ1) is 9.66. The molecule has 0 saturated carbocycles. The van der Waals surface area contributed by atoms with E-state index in [9.17, 15) is 8.42 Å². The summed E-state index contributed by atoms with van der Waals surface area (Å²) in [5.41, 5.74) is 5.54. The fourth-order valence-electron chi connectivity index (χ4n) is 0.780. The van der Waals surface area contributed by atoms with Crippen LogP contribution in [0.4, 0.5) is 0 Å². The van der Waals surface area contributed by atoms with Crippen molar-refractivity contribution in [2.75, 3.05) is 6.26 Å². The highest BCUT2D eigenvalue weighted by Gasteiger charge is 2.09. The summed E-state index contributed by atoms with van der Waals surface area (Å²) in [6.45, 7) is 0. The number of aromatic nitrogens is 1. The fraction of sp³-hybridized carbons (Fsp3) is 0.143. The van der Waals surface area contributed by atoms with E-state index in [2.05, 4.69) is 4.98 Å². The topological polar surface area (TPSA) is 96.9 Å². The Labute approximate surface area is 76.0 Å². The number of nitrogens with zero attached hydrogens (tertiary/aromatic N) is 1. The van der Waals surface area contributed by atoms with E-state index in [4.69, 9.17) is 11.1 Å². The van der Waals surface area contributed by atoms with Crippen molar-refractivity contribution in [3.8, 4) is 0 Å². The Kier molecular flexibility index (Phi) is 2.33. The lowest BCUT2D eigenvalue weighted by Gasteiger charge is -2.00. The van der Waals surface area contributed by atoms with Gasteiger partial charge in [0.15, 0.2) is 14.9 Å². The maximum absolute atomic E-state index is 11.0. The molecule has 0 aliphatic carbocycles. The van der Waals surface area contributed by atoms with E-state index >= 15 is 0 Å². The minimum Gasteiger partial charge on any atom is -0.384 e. The number of rotatable bonds is 2. The van der Waals surface area contributed by atoms with Crippen LogP contribution in [0.1, 0.15) is 5.56 Å². The van der Waals surface area contributed by atoms with E-state index in [1.165, 1.54) is 18.3 Å². The molecule has 0 atom stereocenters. The van der Waals surface area contributed by atoms with Crippen molar-refractivity contribution in [2.45, 2.75) is 5.03 Å². The summed E-state index contributed by atoms with van der Waals surface area (Å²) in [6, 6.07) is 2.76. The van der Waals surface area contributed by atoms with Gasteiger partial charge in [0.1, 0.15) is 5.84 Å². The molecule has 0 fully saturated rings. The van der Waals surface area contributed by atoms with Gasteiger partial charge in [-0.25, -0.2) is 13.4 Å². The van der Waals surface area contributed by atoms with Crippen molar-refractivity contribution in [1.29, 1.82) is 5.41 Å². The third kappa shape index (κ3) is 2.25. The van der Waals surface area contributed by atoms with E-state index < -0.39 is 9.84 Å². The number of nitrogens with two attached hydrogens (primary N) is 1. The van der Waals surface area contributed by atoms with Gasteiger partial charge in [-0.05, 0) is 12.1 Å². The van der Waals surface area contributed by atoms with E-state index in [-0.39, 0.29) is 10.9 Å². The minimum absolute atomic E-state index is 0.0693. The van der Waals surface area contributed by atoms with Gasteiger partial charge in [-0.2, -0.15) is 0 Å². The molecular formula is C7H9N3O2S. The second-order valence-electron chi connectivity index (χ2n) is 2.57. The van der Waals surface area contributed by atoms with Gasteiger partial charge in [0.2, 0.25) is 0 Å². The number of sulfone groups is 1. The Morgan fingerprint density at radius 2 is 2.23 bits per heavy atom. The molecule has 0 unspecified atom stereocenters. The summed E-state index contributed by atoms with van der Waals surface area (Å²) >= 11 is 0. The second kappa shape index (κ2) is 3.14. The second-order valence-corrected chi connectivity index (χ2v) is 4.53. The first-order valence-electron chi connectivity index (χ1n) is 3.42. The lowest BCUT2D eigenvalue weighted by Crippen LogP contribution is -2.12. The van der Waals surface area contributed by atoms with E-state index in [1.54, 1.807) is 0 Å². The lowest BCUT2D eigenvalue weighted by molar-refractivity contribution is 0.598. The molecule has 70 valence electrons. The number of pyridine rings is 1. The average Bonchev–Trinajstić information content (AvgIpc) is 2.03. The highest BCUT2D eigenvalue weighted by molar-refractivity contribution is 7.90. The van der Waals surface area contributed by atoms with Crippen molar-refractivity contribution in [3.63, 3.8) is 0 Å². The minimum atomic E-state index is -3.32. The summed E-state index contributed by atoms with van der Waals surface area (Å²) in [6.07, 6.45) is 2.37. The molecule has 6 heteroatoms. The number of amidine groups is 1. The number of hydrogen-bond acceptors (Lipinski definition) is 4. The van der Waals surface area contributed by atoms with Crippen LogP contribution in [0.5, 0.6) is 0 Å². The smallest absolute Gasteiger partial charge is 0.192 e. The van der Waals surface area contributed by atoms with Crippen LogP contribution in [-0.2, 0) is 9.84 Å². The van der Waals surface area contributed by atoms with Crippen LogP contribution in [0.2, 0.25) is 0 Å². The third-order valence-electron chi connectivity index (χ3n) is 1.43. The number of hydrogen-bond donors (Lipinski definition) is 2. The summed E-state index contributed by atoms with van der Waals surface area (Å²) in [5.74, 6) is -0.174. The molecule has 1 aromatic heterocycles. The molecule has 0 spiro atoms. The fourth-order valence-corrected chi connectivity index (χ4v) is 1.37. The van der Waals surface area contributed by atoms with Gasteiger partial charge < -0.3 is 5.73 Å². The van der Waals surface area contributed by atoms with Crippen molar-refractivity contribution < 1.29 is 8.42 Å². The van der Waals surface area contributed by atoms with Gasteiger partial charge in [-0.3, -0.25) is 5.41 Å². The molecular weight excluding hydrogens is 190 g/mol. The SMILES string of the molecule is CS(=O)(=O)c1cc(C(=N)N)ccn1. The predicted octanol–water partition coefficient (Wildman–Crippen LogP) is -0.231. The first-order chi connectivity index (χ1) is 5.91.